The van der Waals surface area contributed by atoms with Gasteiger partial charge in [0.2, 0.25) is 0 Å². The summed E-state index contributed by atoms with van der Waals surface area (Å²) in [5.41, 5.74) is 3.03. The minimum atomic E-state index is -0.229. The lowest BCUT2D eigenvalue weighted by Crippen LogP contribution is -2.42. The molecule has 1 nitrogen and oxygen atoms in total. The first-order valence-electron chi connectivity index (χ1n) is 5.56. The number of para-hydroxylation sites is 1. The second kappa shape index (κ2) is 3.22. The minimum absolute atomic E-state index is 0.154. The van der Waals surface area contributed by atoms with Gasteiger partial charge >= 0.3 is 0 Å². The number of fused-ring (bicyclic) bond motifs is 1. The molecule has 1 unspecified atom stereocenters. The van der Waals surface area contributed by atoms with Crippen LogP contribution >= 0.6 is 0 Å². The Balaban J connectivity index is 2.69. The van der Waals surface area contributed by atoms with Crippen LogP contribution in [0.4, 0.5) is 5.69 Å². The maximum Gasteiger partial charge on any atom is 0.0671 e. The molecular weight excluding hydrogens is 194 g/mol. The molecule has 1 aromatic rings. The molecule has 82 valence electrons. The third-order valence-corrected chi connectivity index (χ3v) is 4.07. The van der Waals surface area contributed by atoms with E-state index in [0.29, 0.717) is 0 Å². The van der Waals surface area contributed by atoms with Gasteiger partial charge in [0.15, 0.2) is 0 Å². The molecule has 0 bridgehead atoms. The lowest BCUT2D eigenvalue weighted by Gasteiger charge is -2.38. The van der Waals surface area contributed by atoms with Crippen LogP contribution < -0.4 is 0 Å². The molecule has 0 aromatic heterocycles. The second-order valence-corrected chi connectivity index (χ2v) is 5.11. The van der Waals surface area contributed by atoms with E-state index in [1.54, 1.807) is 0 Å². The summed E-state index contributed by atoms with van der Waals surface area (Å²) in [5, 5.41) is 0. The van der Waals surface area contributed by atoms with E-state index < -0.39 is 0 Å². The van der Waals surface area contributed by atoms with Gasteiger partial charge in [0.25, 0.3) is 0 Å². The molecule has 1 heteroatoms. The molecule has 0 spiro atoms. The molecule has 0 fully saturated rings. The molecule has 1 atom stereocenters. The van der Waals surface area contributed by atoms with Crippen LogP contribution in [0.15, 0.2) is 29.3 Å². The number of nitrogens with zero attached hydrogens (tertiary/aromatic N) is 1. The van der Waals surface area contributed by atoms with Crippen LogP contribution in [-0.4, -0.2) is 5.71 Å². The second-order valence-electron chi connectivity index (χ2n) is 5.11. The molecule has 0 aliphatic carbocycles. The summed E-state index contributed by atoms with van der Waals surface area (Å²) in [6.07, 6.45) is 5.69. The average Bonchev–Trinajstić information content (AvgIpc) is 2.53. The van der Waals surface area contributed by atoms with Gasteiger partial charge in [-0.25, -0.2) is 0 Å². The fraction of sp³-hybridized carbons (Fsp3) is 0.400. The maximum absolute atomic E-state index is 5.69. The maximum atomic E-state index is 5.69. The summed E-state index contributed by atoms with van der Waals surface area (Å²) in [4.78, 5) is 4.64. The summed E-state index contributed by atoms with van der Waals surface area (Å²) in [6.45, 7) is 8.47. The number of rotatable bonds is 1. The predicted octanol–water partition coefficient (Wildman–Crippen LogP) is 3.71. The summed E-state index contributed by atoms with van der Waals surface area (Å²) < 4.78 is 0. The fourth-order valence-corrected chi connectivity index (χ4v) is 2.41. The molecule has 0 saturated carbocycles. The van der Waals surface area contributed by atoms with E-state index in [1.165, 1.54) is 5.56 Å². The quantitative estimate of drug-likeness (QED) is 0.628. The van der Waals surface area contributed by atoms with Gasteiger partial charge in [-0.15, -0.1) is 6.42 Å². The fourth-order valence-electron chi connectivity index (χ4n) is 2.41. The highest BCUT2D eigenvalue weighted by Gasteiger charge is 2.47. The normalized spacial score (nSPS) is 23.6. The Labute approximate surface area is 97.6 Å². The molecule has 16 heavy (non-hydrogen) atoms. The lowest BCUT2D eigenvalue weighted by molar-refractivity contribution is 0.350. The van der Waals surface area contributed by atoms with Gasteiger partial charge in [-0.3, -0.25) is 4.99 Å². The van der Waals surface area contributed by atoms with Crippen molar-refractivity contribution in [3.8, 4) is 12.3 Å². The highest BCUT2D eigenvalue weighted by molar-refractivity contribution is 6.01. The summed E-state index contributed by atoms with van der Waals surface area (Å²) in [6, 6.07) is 8.26. The van der Waals surface area contributed by atoms with E-state index in [2.05, 4.69) is 56.8 Å². The average molecular weight is 211 g/mol. The molecule has 0 saturated heterocycles. The monoisotopic (exact) mass is 211 g/mol. The van der Waals surface area contributed by atoms with Crippen LogP contribution in [-0.2, 0) is 5.41 Å². The molecule has 1 aliphatic rings. The van der Waals surface area contributed by atoms with Crippen LogP contribution in [0.25, 0.3) is 0 Å². The van der Waals surface area contributed by atoms with E-state index in [0.717, 1.165) is 11.4 Å². The van der Waals surface area contributed by atoms with Crippen molar-refractivity contribution in [2.24, 2.45) is 10.4 Å². The largest absolute Gasteiger partial charge is 0.257 e. The number of terminal acetylenes is 1. The third kappa shape index (κ3) is 1.16. The van der Waals surface area contributed by atoms with Crippen molar-refractivity contribution < 1.29 is 0 Å². The molecular formula is C15H17N. The molecule has 0 N–H and O–H groups in total. The Kier molecular flexibility index (Phi) is 2.20. The van der Waals surface area contributed by atoms with E-state index in [4.69, 9.17) is 6.42 Å². The number of benzene rings is 1. The Morgan fingerprint density at radius 2 is 1.94 bits per heavy atom. The van der Waals surface area contributed by atoms with Crippen LogP contribution in [0.2, 0.25) is 0 Å². The number of hydrogen-bond donors (Lipinski definition) is 0. The molecule has 1 aliphatic heterocycles. The van der Waals surface area contributed by atoms with E-state index >= 15 is 0 Å². The smallest absolute Gasteiger partial charge is 0.0671 e. The van der Waals surface area contributed by atoms with Gasteiger partial charge in [-0.05, 0) is 39.3 Å². The molecule has 1 heterocycles. The molecule has 2 rings (SSSR count). The molecule has 0 radical (unpaired) electrons. The number of aliphatic imine (C=N–C) groups is 1. The van der Waals surface area contributed by atoms with Crippen molar-refractivity contribution in [1.82, 2.24) is 0 Å². The van der Waals surface area contributed by atoms with Crippen molar-refractivity contribution in [3.05, 3.63) is 29.8 Å². The highest BCUT2D eigenvalue weighted by atomic mass is 14.8. The van der Waals surface area contributed by atoms with Crippen molar-refractivity contribution in [2.75, 3.05) is 0 Å². The molecule has 0 amide bonds. The minimum Gasteiger partial charge on any atom is -0.257 e. The first kappa shape index (κ1) is 11.0. The number of hydrogen-bond acceptors (Lipinski definition) is 1. The van der Waals surface area contributed by atoms with Crippen LogP contribution in [0.3, 0.4) is 0 Å². The van der Waals surface area contributed by atoms with Crippen molar-refractivity contribution in [1.29, 1.82) is 0 Å². The zero-order valence-electron chi connectivity index (χ0n) is 10.3. The topological polar surface area (TPSA) is 12.4 Å². The van der Waals surface area contributed by atoms with Crippen molar-refractivity contribution >= 4 is 11.4 Å². The van der Waals surface area contributed by atoms with E-state index in [-0.39, 0.29) is 10.8 Å². The molecule has 1 aromatic carbocycles. The Bertz CT molecular complexity index is 502. The SMILES string of the molecule is C#CC(C)(C)C1(C)C(C)=Nc2ccccc21. The Morgan fingerprint density at radius 3 is 2.56 bits per heavy atom. The van der Waals surface area contributed by atoms with Crippen LogP contribution in [0.1, 0.15) is 33.3 Å². The van der Waals surface area contributed by atoms with Crippen LogP contribution in [0, 0.1) is 17.8 Å². The Morgan fingerprint density at radius 1 is 1.31 bits per heavy atom. The van der Waals surface area contributed by atoms with E-state index in [9.17, 15) is 0 Å². The van der Waals surface area contributed by atoms with Crippen molar-refractivity contribution in [2.45, 2.75) is 33.1 Å². The standard InChI is InChI=1S/C15H17N/c1-6-14(3,4)15(5)11(2)16-13-10-8-7-9-12(13)15/h1,7-10H,2-5H3. The predicted molar refractivity (Wildman–Crippen MR) is 69.2 cm³/mol. The Hall–Kier alpha value is -1.55. The van der Waals surface area contributed by atoms with Gasteiger partial charge in [0, 0.05) is 16.5 Å². The van der Waals surface area contributed by atoms with Gasteiger partial charge < -0.3 is 0 Å². The zero-order chi connectivity index (χ0) is 12.0. The first-order valence-corrected chi connectivity index (χ1v) is 5.56. The lowest BCUT2D eigenvalue weighted by atomic mass is 9.62. The third-order valence-electron chi connectivity index (χ3n) is 4.07. The van der Waals surface area contributed by atoms with Gasteiger partial charge in [-0.1, -0.05) is 24.1 Å². The highest BCUT2D eigenvalue weighted by Crippen LogP contribution is 2.50. The van der Waals surface area contributed by atoms with Crippen molar-refractivity contribution in [3.63, 3.8) is 0 Å². The van der Waals surface area contributed by atoms with E-state index in [1.807, 2.05) is 6.07 Å². The zero-order valence-corrected chi connectivity index (χ0v) is 10.3. The van der Waals surface area contributed by atoms with Crippen LogP contribution in [0.5, 0.6) is 0 Å². The summed E-state index contributed by atoms with van der Waals surface area (Å²) >= 11 is 0. The summed E-state index contributed by atoms with van der Waals surface area (Å²) in [7, 11) is 0. The van der Waals surface area contributed by atoms with Gasteiger partial charge in [-0.2, -0.15) is 0 Å². The van der Waals surface area contributed by atoms with Gasteiger partial charge in [0.05, 0.1) is 5.69 Å². The first-order chi connectivity index (χ1) is 7.43. The van der Waals surface area contributed by atoms with Gasteiger partial charge in [0.1, 0.15) is 0 Å². The summed E-state index contributed by atoms with van der Waals surface area (Å²) in [5.74, 6) is 2.91.